The molecular formula is C19H26N4O2S. The Hall–Kier alpha value is -2.12. The Morgan fingerprint density at radius 3 is 2.42 bits per heavy atom. The first-order chi connectivity index (χ1) is 12.3. The molecule has 1 aromatic heterocycles. The Kier molecular flexibility index (Phi) is 5.48. The van der Waals surface area contributed by atoms with Crippen molar-refractivity contribution in [1.82, 2.24) is 15.4 Å². The number of anilines is 1. The minimum Gasteiger partial charge on any atom is -0.345 e. The van der Waals surface area contributed by atoms with Gasteiger partial charge in [0.05, 0.1) is 11.3 Å². The molecule has 1 N–H and O–H groups in total. The van der Waals surface area contributed by atoms with Crippen LogP contribution in [0.25, 0.3) is 11.3 Å². The number of aryl methyl sites for hydroxylation is 1. The number of nitrogens with zero attached hydrogens (tertiary/aromatic N) is 3. The summed E-state index contributed by atoms with van der Waals surface area (Å²) >= 11 is 1.71. The summed E-state index contributed by atoms with van der Waals surface area (Å²) in [4.78, 5) is 27.6. The molecule has 6 nitrogen and oxygen atoms in total. The number of carbonyl (C=O) groups is 1. The second kappa shape index (κ2) is 7.63. The van der Waals surface area contributed by atoms with E-state index in [0.29, 0.717) is 13.1 Å². The van der Waals surface area contributed by atoms with E-state index in [-0.39, 0.29) is 6.03 Å². The Balaban J connectivity index is 1.60. The molecule has 0 atom stereocenters. The molecule has 1 saturated heterocycles. The molecule has 140 valence electrons. The third-order valence-corrected chi connectivity index (χ3v) is 5.15. The number of aromatic nitrogens is 1. The maximum Gasteiger partial charge on any atom is 0.341 e. The first kappa shape index (κ1) is 18.7. The summed E-state index contributed by atoms with van der Waals surface area (Å²) in [5, 5.41) is 1.02. The van der Waals surface area contributed by atoms with Gasteiger partial charge in [-0.2, -0.15) is 0 Å². The second-order valence-electron chi connectivity index (χ2n) is 7.36. The number of hydrogen-bond acceptors (Lipinski definition) is 5. The lowest BCUT2D eigenvalue weighted by atomic mass is 10.1. The van der Waals surface area contributed by atoms with E-state index >= 15 is 0 Å². The third kappa shape index (κ3) is 4.53. The Morgan fingerprint density at radius 2 is 1.81 bits per heavy atom. The van der Waals surface area contributed by atoms with Crippen LogP contribution >= 0.6 is 11.3 Å². The fraction of sp³-hybridized carbons (Fsp3) is 0.474. The van der Waals surface area contributed by atoms with E-state index in [4.69, 9.17) is 9.82 Å². The largest absolute Gasteiger partial charge is 0.345 e. The van der Waals surface area contributed by atoms with Crippen molar-refractivity contribution < 1.29 is 9.63 Å². The van der Waals surface area contributed by atoms with Crippen LogP contribution in [0.5, 0.6) is 0 Å². The summed E-state index contributed by atoms with van der Waals surface area (Å²) in [5.41, 5.74) is 4.33. The van der Waals surface area contributed by atoms with Crippen molar-refractivity contribution in [2.75, 3.05) is 31.1 Å². The standard InChI is InChI=1S/C19H26N4O2S/c1-14-16(15-8-6-5-7-9-15)20-18(26-14)23-12-10-22(11-13-23)17(24)21-25-19(2,3)4/h5-9H,10-13H2,1-4H3,(H,21,24). The van der Waals surface area contributed by atoms with Gasteiger partial charge >= 0.3 is 6.03 Å². The van der Waals surface area contributed by atoms with Crippen LogP contribution in [0.3, 0.4) is 0 Å². The van der Waals surface area contributed by atoms with Crippen LogP contribution < -0.4 is 10.4 Å². The minimum absolute atomic E-state index is 0.181. The van der Waals surface area contributed by atoms with Gasteiger partial charge in [-0.3, -0.25) is 4.84 Å². The number of rotatable bonds is 3. The molecule has 2 aromatic rings. The topological polar surface area (TPSA) is 57.7 Å². The lowest BCUT2D eigenvalue weighted by Gasteiger charge is -2.34. The van der Waals surface area contributed by atoms with E-state index < -0.39 is 5.60 Å². The van der Waals surface area contributed by atoms with Crippen LogP contribution in [-0.4, -0.2) is 47.7 Å². The molecule has 1 aromatic carbocycles. The molecule has 2 heterocycles. The molecule has 1 fully saturated rings. The zero-order valence-corrected chi connectivity index (χ0v) is 16.6. The van der Waals surface area contributed by atoms with E-state index in [1.807, 2.05) is 39.0 Å². The van der Waals surface area contributed by atoms with Crippen molar-refractivity contribution in [1.29, 1.82) is 0 Å². The quantitative estimate of drug-likeness (QED) is 0.833. The van der Waals surface area contributed by atoms with Crippen molar-refractivity contribution >= 4 is 22.5 Å². The van der Waals surface area contributed by atoms with Gasteiger partial charge < -0.3 is 9.80 Å². The highest BCUT2D eigenvalue weighted by molar-refractivity contribution is 7.16. The van der Waals surface area contributed by atoms with Gasteiger partial charge in [0, 0.05) is 36.6 Å². The molecule has 1 aliphatic heterocycles. The van der Waals surface area contributed by atoms with Crippen molar-refractivity contribution in [3.8, 4) is 11.3 Å². The van der Waals surface area contributed by atoms with Gasteiger partial charge in [0.2, 0.25) is 0 Å². The second-order valence-corrected chi connectivity index (χ2v) is 8.54. The van der Waals surface area contributed by atoms with Crippen LogP contribution in [-0.2, 0) is 4.84 Å². The van der Waals surface area contributed by atoms with Gasteiger partial charge in [-0.25, -0.2) is 15.3 Å². The van der Waals surface area contributed by atoms with Gasteiger partial charge in [-0.15, -0.1) is 11.3 Å². The number of hydroxylamine groups is 1. The molecular weight excluding hydrogens is 348 g/mol. The SMILES string of the molecule is Cc1sc(N2CCN(C(=O)NOC(C)(C)C)CC2)nc1-c1ccccc1. The molecule has 0 radical (unpaired) electrons. The van der Waals surface area contributed by atoms with E-state index in [1.165, 1.54) is 4.88 Å². The van der Waals surface area contributed by atoms with E-state index in [1.54, 1.807) is 16.2 Å². The van der Waals surface area contributed by atoms with Crippen LogP contribution in [0.4, 0.5) is 9.93 Å². The van der Waals surface area contributed by atoms with Gasteiger partial charge in [0.1, 0.15) is 0 Å². The highest BCUT2D eigenvalue weighted by Gasteiger charge is 2.25. The normalized spacial score (nSPS) is 15.2. The monoisotopic (exact) mass is 374 g/mol. The van der Waals surface area contributed by atoms with Crippen LogP contribution in [0.15, 0.2) is 30.3 Å². The molecule has 26 heavy (non-hydrogen) atoms. The molecule has 0 saturated carbocycles. The van der Waals surface area contributed by atoms with Crippen molar-refractivity contribution in [2.45, 2.75) is 33.3 Å². The van der Waals surface area contributed by atoms with Gasteiger partial charge in [0.15, 0.2) is 5.13 Å². The van der Waals surface area contributed by atoms with Crippen LogP contribution in [0, 0.1) is 6.92 Å². The number of urea groups is 1. The molecule has 0 aliphatic carbocycles. The van der Waals surface area contributed by atoms with E-state index in [2.05, 4.69) is 29.4 Å². The molecule has 0 spiro atoms. The smallest absolute Gasteiger partial charge is 0.341 e. The molecule has 0 unspecified atom stereocenters. The average molecular weight is 375 g/mol. The first-order valence-electron chi connectivity index (χ1n) is 8.84. The number of amides is 2. The highest BCUT2D eigenvalue weighted by atomic mass is 32.1. The summed E-state index contributed by atoms with van der Waals surface area (Å²) < 4.78 is 0. The zero-order valence-electron chi connectivity index (χ0n) is 15.8. The maximum atomic E-state index is 12.2. The van der Waals surface area contributed by atoms with Crippen molar-refractivity contribution in [3.05, 3.63) is 35.2 Å². The summed E-state index contributed by atoms with van der Waals surface area (Å²) in [7, 11) is 0. The average Bonchev–Trinajstić information content (AvgIpc) is 3.02. The molecule has 1 aliphatic rings. The molecule has 2 amide bonds. The lowest BCUT2D eigenvalue weighted by molar-refractivity contribution is -0.0585. The Labute approximate surface area is 158 Å². The number of nitrogens with one attached hydrogen (secondary N) is 1. The van der Waals surface area contributed by atoms with E-state index in [9.17, 15) is 4.79 Å². The van der Waals surface area contributed by atoms with Gasteiger partial charge in [-0.05, 0) is 27.7 Å². The van der Waals surface area contributed by atoms with E-state index in [0.717, 1.165) is 29.5 Å². The fourth-order valence-electron chi connectivity index (χ4n) is 2.74. The maximum absolute atomic E-state index is 12.2. The van der Waals surface area contributed by atoms with Crippen molar-refractivity contribution in [2.24, 2.45) is 0 Å². The van der Waals surface area contributed by atoms with Crippen LogP contribution in [0.2, 0.25) is 0 Å². The number of carbonyl (C=O) groups excluding carboxylic acids is 1. The summed E-state index contributed by atoms with van der Waals surface area (Å²) in [6, 6.07) is 10.1. The zero-order chi connectivity index (χ0) is 18.7. The van der Waals surface area contributed by atoms with Crippen molar-refractivity contribution in [3.63, 3.8) is 0 Å². The molecule has 3 rings (SSSR count). The summed E-state index contributed by atoms with van der Waals surface area (Å²) in [6.45, 7) is 10.7. The molecule has 0 bridgehead atoms. The molecule has 7 heteroatoms. The minimum atomic E-state index is -0.399. The fourth-order valence-corrected chi connectivity index (χ4v) is 3.73. The highest BCUT2D eigenvalue weighted by Crippen LogP contribution is 2.32. The lowest BCUT2D eigenvalue weighted by Crippen LogP contribution is -2.52. The number of thiazole rings is 1. The number of piperazine rings is 1. The third-order valence-electron chi connectivity index (χ3n) is 4.11. The number of hydrogen-bond donors (Lipinski definition) is 1. The number of benzene rings is 1. The Bertz CT molecular complexity index is 747. The predicted octanol–water partition coefficient (Wildman–Crippen LogP) is 3.68. The summed E-state index contributed by atoms with van der Waals surface area (Å²) in [6.07, 6.45) is 0. The van der Waals surface area contributed by atoms with Gasteiger partial charge in [-0.1, -0.05) is 30.3 Å². The predicted molar refractivity (Wildman–Crippen MR) is 105 cm³/mol. The first-order valence-corrected chi connectivity index (χ1v) is 9.66. The van der Waals surface area contributed by atoms with Gasteiger partial charge in [0.25, 0.3) is 0 Å². The summed E-state index contributed by atoms with van der Waals surface area (Å²) in [5.74, 6) is 0. The Morgan fingerprint density at radius 1 is 1.15 bits per heavy atom. The van der Waals surface area contributed by atoms with Crippen LogP contribution in [0.1, 0.15) is 25.6 Å².